The third kappa shape index (κ3) is 1.99. The van der Waals surface area contributed by atoms with Crippen LogP contribution in [0.2, 0.25) is 0 Å². The number of aromatic amines is 1. The van der Waals surface area contributed by atoms with E-state index in [1.165, 1.54) is 42.1 Å². The Labute approximate surface area is 108 Å². The predicted molar refractivity (Wildman–Crippen MR) is 76.8 cm³/mol. The summed E-state index contributed by atoms with van der Waals surface area (Å²) in [6, 6.07) is 6.80. The molecule has 3 nitrogen and oxygen atoms in total. The lowest BCUT2D eigenvalue weighted by atomic mass is 9.81. The van der Waals surface area contributed by atoms with Crippen LogP contribution < -0.4 is 11.1 Å². The molecule has 96 valence electrons. The first-order valence-corrected chi connectivity index (χ1v) is 6.81. The summed E-state index contributed by atoms with van der Waals surface area (Å²) in [5.41, 5.74) is 9.40. The Morgan fingerprint density at radius 2 is 2.22 bits per heavy atom. The minimum atomic E-state index is 0.659. The number of nitrogens with two attached hydrogens (primary N) is 1. The highest BCUT2D eigenvalue weighted by Crippen LogP contribution is 2.36. The fourth-order valence-corrected chi connectivity index (χ4v) is 3.23. The van der Waals surface area contributed by atoms with E-state index in [0.29, 0.717) is 12.0 Å². The first-order valence-electron chi connectivity index (χ1n) is 6.81. The standard InChI is InChI=1S/C15H21N3/c1-17-12-4-2-3-10(7-12)14-9-18-15-6-5-11(16)8-13(14)15/h5-6,8-10,12,17-18H,2-4,7,16H2,1H3. The van der Waals surface area contributed by atoms with Gasteiger partial charge in [-0.15, -0.1) is 0 Å². The molecule has 1 aromatic heterocycles. The maximum atomic E-state index is 5.91. The summed E-state index contributed by atoms with van der Waals surface area (Å²) < 4.78 is 0. The average molecular weight is 243 g/mol. The Balaban J connectivity index is 1.96. The Morgan fingerprint density at radius 1 is 1.33 bits per heavy atom. The maximum Gasteiger partial charge on any atom is 0.0458 e. The molecule has 1 fully saturated rings. The quantitative estimate of drug-likeness (QED) is 0.710. The molecule has 1 aromatic carbocycles. The number of hydrogen-bond donors (Lipinski definition) is 3. The fourth-order valence-electron chi connectivity index (χ4n) is 3.23. The lowest BCUT2D eigenvalue weighted by Crippen LogP contribution is -2.30. The van der Waals surface area contributed by atoms with Crippen LogP contribution >= 0.6 is 0 Å². The summed E-state index contributed by atoms with van der Waals surface area (Å²) >= 11 is 0. The van der Waals surface area contributed by atoms with Gasteiger partial charge in [0.05, 0.1) is 0 Å². The number of benzene rings is 1. The number of fused-ring (bicyclic) bond motifs is 1. The van der Waals surface area contributed by atoms with E-state index in [4.69, 9.17) is 5.73 Å². The monoisotopic (exact) mass is 243 g/mol. The zero-order valence-electron chi connectivity index (χ0n) is 10.9. The van der Waals surface area contributed by atoms with Gasteiger partial charge in [-0.05, 0) is 56.0 Å². The molecule has 2 unspecified atom stereocenters. The number of nitrogens with one attached hydrogen (secondary N) is 2. The zero-order valence-corrected chi connectivity index (χ0v) is 10.9. The van der Waals surface area contributed by atoms with Gasteiger partial charge < -0.3 is 16.0 Å². The van der Waals surface area contributed by atoms with Crippen LogP contribution in [-0.2, 0) is 0 Å². The van der Waals surface area contributed by atoms with Crippen LogP contribution in [0.15, 0.2) is 24.4 Å². The molecule has 0 saturated heterocycles. The van der Waals surface area contributed by atoms with Gasteiger partial charge in [-0.1, -0.05) is 6.42 Å². The molecule has 3 heteroatoms. The van der Waals surface area contributed by atoms with Crippen molar-refractivity contribution >= 4 is 16.6 Å². The lowest BCUT2D eigenvalue weighted by molar-refractivity contribution is 0.356. The third-order valence-corrected chi connectivity index (χ3v) is 4.26. The number of anilines is 1. The molecule has 1 saturated carbocycles. The highest BCUT2D eigenvalue weighted by Gasteiger charge is 2.24. The molecule has 1 aliphatic carbocycles. The number of hydrogen-bond acceptors (Lipinski definition) is 2. The summed E-state index contributed by atoms with van der Waals surface area (Å²) in [5, 5.41) is 4.72. The van der Waals surface area contributed by atoms with Crippen LogP contribution in [0.5, 0.6) is 0 Å². The van der Waals surface area contributed by atoms with Crippen molar-refractivity contribution in [1.29, 1.82) is 0 Å². The van der Waals surface area contributed by atoms with Gasteiger partial charge in [-0.25, -0.2) is 0 Å². The molecular weight excluding hydrogens is 222 g/mol. The molecule has 0 radical (unpaired) electrons. The van der Waals surface area contributed by atoms with E-state index in [1.54, 1.807) is 0 Å². The summed E-state index contributed by atoms with van der Waals surface area (Å²) in [4.78, 5) is 3.37. The highest BCUT2D eigenvalue weighted by atomic mass is 14.9. The van der Waals surface area contributed by atoms with E-state index in [9.17, 15) is 0 Å². The van der Waals surface area contributed by atoms with Crippen molar-refractivity contribution < 1.29 is 0 Å². The second-order valence-electron chi connectivity index (χ2n) is 5.40. The molecule has 1 heterocycles. The van der Waals surface area contributed by atoms with Crippen LogP contribution in [0.25, 0.3) is 10.9 Å². The first kappa shape index (κ1) is 11.6. The third-order valence-electron chi connectivity index (χ3n) is 4.26. The minimum Gasteiger partial charge on any atom is -0.399 e. The van der Waals surface area contributed by atoms with Gasteiger partial charge in [-0.2, -0.15) is 0 Å². The Hall–Kier alpha value is -1.48. The molecule has 2 atom stereocenters. The summed E-state index contributed by atoms with van der Waals surface area (Å²) in [5.74, 6) is 0.659. The van der Waals surface area contributed by atoms with Crippen LogP contribution in [0, 0.1) is 0 Å². The molecule has 0 amide bonds. The van der Waals surface area contributed by atoms with E-state index in [2.05, 4.69) is 35.7 Å². The molecule has 0 spiro atoms. The van der Waals surface area contributed by atoms with Gasteiger partial charge in [-0.3, -0.25) is 0 Å². The van der Waals surface area contributed by atoms with Gasteiger partial charge in [0.2, 0.25) is 0 Å². The fraction of sp³-hybridized carbons (Fsp3) is 0.467. The van der Waals surface area contributed by atoms with Crippen LogP contribution in [0.3, 0.4) is 0 Å². The van der Waals surface area contributed by atoms with E-state index < -0.39 is 0 Å². The lowest BCUT2D eigenvalue weighted by Gasteiger charge is -2.28. The topological polar surface area (TPSA) is 53.8 Å². The molecule has 4 N–H and O–H groups in total. The molecule has 2 aromatic rings. The van der Waals surface area contributed by atoms with Crippen LogP contribution in [0.4, 0.5) is 5.69 Å². The number of rotatable bonds is 2. The molecule has 0 aliphatic heterocycles. The maximum absolute atomic E-state index is 5.91. The molecular formula is C15H21N3. The summed E-state index contributed by atoms with van der Waals surface area (Å²) in [7, 11) is 2.07. The van der Waals surface area contributed by atoms with Crippen molar-refractivity contribution in [2.24, 2.45) is 0 Å². The van der Waals surface area contributed by atoms with Gasteiger partial charge >= 0.3 is 0 Å². The van der Waals surface area contributed by atoms with Gasteiger partial charge in [0, 0.05) is 28.8 Å². The van der Waals surface area contributed by atoms with E-state index >= 15 is 0 Å². The van der Waals surface area contributed by atoms with E-state index in [0.717, 1.165) is 5.69 Å². The predicted octanol–water partition coefficient (Wildman–Crippen LogP) is 3.00. The van der Waals surface area contributed by atoms with Crippen LogP contribution in [0.1, 0.15) is 37.2 Å². The number of aromatic nitrogens is 1. The minimum absolute atomic E-state index is 0.659. The van der Waals surface area contributed by atoms with Gasteiger partial charge in [0.25, 0.3) is 0 Å². The SMILES string of the molecule is CNC1CCCC(c2c[nH]c3ccc(N)cc23)C1. The summed E-state index contributed by atoms with van der Waals surface area (Å²) in [6.07, 6.45) is 7.31. The Bertz CT molecular complexity index is 544. The largest absolute Gasteiger partial charge is 0.399 e. The number of H-pyrrole nitrogens is 1. The highest BCUT2D eigenvalue weighted by molar-refractivity contribution is 5.86. The number of nitrogen functional groups attached to an aromatic ring is 1. The van der Waals surface area contributed by atoms with Crippen LogP contribution in [-0.4, -0.2) is 18.1 Å². The van der Waals surface area contributed by atoms with Crippen molar-refractivity contribution in [2.45, 2.75) is 37.6 Å². The molecule has 1 aliphatic rings. The van der Waals surface area contributed by atoms with E-state index in [1.807, 2.05) is 6.07 Å². The van der Waals surface area contributed by atoms with Crippen molar-refractivity contribution in [3.05, 3.63) is 30.0 Å². The Kier molecular flexibility index (Phi) is 3.00. The average Bonchev–Trinajstić information content (AvgIpc) is 2.81. The molecule has 0 bridgehead atoms. The van der Waals surface area contributed by atoms with Crippen molar-refractivity contribution in [2.75, 3.05) is 12.8 Å². The second kappa shape index (κ2) is 4.65. The normalized spacial score (nSPS) is 24.5. The van der Waals surface area contributed by atoms with Gasteiger partial charge in [0.15, 0.2) is 0 Å². The summed E-state index contributed by atoms with van der Waals surface area (Å²) in [6.45, 7) is 0. The smallest absolute Gasteiger partial charge is 0.0458 e. The van der Waals surface area contributed by atoms with Crippen molar-refractivity contribution in [1.82, 2.24) is 10.3 Å². The first-order chi connectivity index (χ1) is 8.78. The second-order valence-corrected chi connectivity index (χ2v) is 5.40. The van der Waals surface area contributed by atoms with Crippen molar-refractivity contribution in [3.8, 4) is 0 Å². The Morgan fingerprint density at radius 3 is 3.06 bits per heavy atom. The zero-order chi connectivity index (χ0) is 12.5. The van der Waals surface area contributed by atoms with Gasteiger partial charge in [0.1, 0.15) is 0 Å². The van der Waals surface area contributed by atoms with E-state index in [-0.39, 0.29) is 0 Å². The molecule has 3 rings (SSSR count). The molecule has 18 heavy (non-hydrogen) atoms. The van der Waals surface area contributed by atoms with Crippen molar-refractivity contribution in [3.63, 3.8) is 0 Å².